The van der Waals surface area contributed by atoms with E-state index >= 15 is 0 Å². The van der Waals surface area contributed by atoms with Crippen LogP contribution in [0.2, 0.25) is 0 Å². The molecule has 0 atom stereocenters. The third-order valence-corrected chi connectivity index (χ3v) is 3.53. The Labute approximate surface area is 154 Å². The maximum Gasteiger partial charge on any atom is 0.231 e. The van der Waals surface area contributed by atoms with Gasteiger partial charge in [0.05, 0.1) is 12.1 Å². The first-order valence-electron chi connectivity index (χ1n) is 7.00. The molecule has 0 aliphatic heterocycles. The molecule has 3 N–H and O–H groups in total. The quantitative estimate of drug-likeness (QED) is 0.629. The fourth-order valence-electron chi connectivity index (χ4n) is 1.45. The summed E-state index contributed by atoms with van der Waals surface area (Å²) in [7, 11) is 1.88. The number of carbonyl (C=O) groups is 2. The molecule has 2 amide bonds. The van der Waals surface area contributed by atoms with Gasteiger partial charge in [-0.25, -0.2) is 4.98 Å². The molecule has 0 fully saturated rings. The summed E-state index contributed by atoms with van der Waals surface area (Å²) in [4.78, 5) is 27.8. The summed E-state index contributed by atoms with van der Waals surface area (Å²) in [5.41, 5.74) is 0.214. The zero-order chi connectivity index (χ0) is 15.9. The molecule has 0 aliphatic rings. The summed E-state index contributed by atoms with van der Waals surface area (Å²) in [5.74, 6) is -0.134. The molecular formula is C14H26Cl2N4O2S. The molecule has 0 aliphatic carbocycles. The Morgan fingerprint density at radius 2 is 1.87 bits per heavy atom. The van der Waals surface area contributed by atoms with Gasteiger partial charge in [0.25, 0.3) is 0 Å². The van der Waals surface area contributed by atoms with Gasteiger partial charge < -0.3 is 16.0 Å². The fraction of sp³-hybridized carbons (Fsp3) is 0.643. The number of amides is 2. The minimum absolute atomic E-state index is 0. The average molecular weight is 385 g/mol. The standard InChI is InChI=1S/C14H24N4O2S.2ClH/c1-14(2,3)12(20)18-13-17-10(9-21-13)8-11(19)16-7-5-6-15-4;;/h9,15H,5-8H2,1-4H3,(H,16,19)(H,17,18,20);2*1H. The highest BCUT2D eigenvalue weighted by atomic mass is 35.5. The minimum atomic E-state index is -0.462. The number of rotatable bonds is 7. The molecule has 0 unspecified atom stereocenters. The van der Waals surface area contributed by atoms with Crippen LogP contribution in [-0.4, -0.2) is 36.9 Å². The van der Waals surface area contributed by atoms with Crippen molar-refractivity contribution in [3.05, 3.63) is 11.1 Å². The molecule has 0 saturated carbocycles. The molecule has 0 radical (unpaired) electrons. The molecule has 6 nitrogen and oxygen atoms in total. The van der Waals surface area contributed by atoms with E-state index in [4.69, 9.17) is 0 Å². The highest BCUT2D eigenvalue weighted by molar-refractivity contribution is 7.13. The van der Waals surface area contributed by atoms with Gasteiger partial charge in [0.1, 0.15) is 0 Å². The van der Waals surface area contributed by atoms with E-state index in [1.165, 1.54) is 11.3 Å². The van der Waals surface area contributed by atoms with E-state index < -0.39 is 5.41 Å². The largest absolute Gasteiger partial charge is 0.356 e. The Hall–Kier alpha value is -0.890. The molecule has 1 aromatic heterocycles. The van der Waals surface area contributed by atoms with Crippen molar-refractivity contribution in [3.63, 3.8) is 0 Å². The number of hydrogen-bond donors (Lipinski definition) is 3. The maximum atomic E-state index is 11.8. The lowest BCUT2D eigenvalue weighted by Crippen LogP contribution is -2.28. The van der Waals surface area contributed by atoms with Gasteiger partial charge in [-0.3, -0.25) is 9.59 Å². The van der Waals surface area contributed by atoms with Crippen molar-refractivity contribution in [1.82, 2.24) is 15.6 Å². The summed E-state index contributed by atoms with van der Waals surface area (Å²) in [6.07, 6.45) is 1.13. The van der Waals surface area contributed by atoms with E-state index in [2.05, 4.69) is 20.9 Å². The predicted octanol–water partition coefficient (Wildman–Crippen LogP) is 2.24. The minimum Gasteiger partial charge on any atom is -0.356 e. The average Bonchev–Trinajstić information content (AvgIpc) is 2.81. The molecule has 0 saturated heterocycles. The topological polar surface area (TPSA) is 83.1 Å². The molecule has 134 valence electrons. The number of nitrogens with one attached hydrogen (secondary N) is 3. The summed E-state index contributed by atoms with van der Waals surface area (Å²) in [6.45, 7) is 7.05. The van der Waals surface area contributed by atoms with Crippen molar-refractivity contribution in [3.8, 4) is 0 Å². The lowest BCUT2D eigenvalue weighted by atomic mass is 9.96. The van der Waals surface area contributed by atoms with E-state index in [9.17, 15) is 9.59 Å². The first-order valence-corrected chi connectivity index (χ1v) is 7.88. The van der Waals surface area contributed by atoms with Crippen LogP contribution in [0.1, 0.15) is 32.9 Å². The zero-order valence-electron chi connectivity index (χ0n) is 13.9. The Morgan fingerprint density at radius 3 is 2.43 bits per heavy atom. The second kappa shape index (κ2) is 11.6. The highest BCUT2D eigenvalue weighted by Gasteiger charge is 2.22. The van der Waals surface area contributed by atoms with E-state index in [0.29, 0.717) is 17.4 Å². The summed E-state index contributed by atoms with van der Waals surface area (Å²) < 4.78 is 0. The van der Waals surface area contributed by atoms with Crippen LogP contribution in [0, 0.1) is 5.41 Å². The Balaban J connectivity index is 0. The van der Waals surface area contributed by atoms with Gasteiger partial charge in [-0.05, 0) is 20.0 Å². The van der Waals surface area contributed by atoms with Crippen LogP contribution in [0.5, 0.6) is 0 Å². The monoisotopic (exact) mass is 384 g/mol. The summed E-state index contributed by atoms with van der Waals surface area (Å²) in [6, 6.07) is 0. The predicted molar refractivity (Wildman–Crippen MR) is 100.0 cm³/mol. The van der Waals surface area contributed by atoms with Gasteiger partial charge in [0, 0.05) is 17.3 Å². The molecule has 1 aromatic rings. The van der Waals surface area contributed by atoms with Crippen molar-refractivity contribution in [2.75, 3.05) is 25.5 Å². The van der Waals surface area contributed by atoms with Crippen LogP contribution in [0.25, 0.3) is 0 Å². The van der Waals surface area contributed by atoms with Gasteiger partial charge in [0.2, 0.25) is 11.8 Å². The van der Waals surface area contributed by atoms with E-state index in [1.54, 1.807) is 5.38 Å². The third kappa shape index (κ3) is 9.76. The Kier molecular flexibility index (Phi) is 12.3. The van der Waals surface area contributed by atoms with Gasteiger partial charge in [0.15, 0.2) is 5.13 Å². The highest BCUT2D eigenvalue weighted by Crippen LogP contribution is 2.20. The van der Waals surface area contributed by atoms with E-state index in [-0.39, 0.29) is 43.0 Å². The van der Waals surface area contributed by atoms with Crippen LogP contribution in [0.15, 0.2) is 5.38 Å². The molecule has 0 spiro atoms. The van der Waals surface area contributed by atoms with Crippen molar-refractivity contribution < 1.29 is 9.59 Å². The van der Waals surface area contributed by atoms with Crippen molar-refractivity contribution in [2.24, 2.45) is 5.41 Å². The zero-order valence-corrected chi connectivity index (χ0v) is 16.3. The summed E-state index contributed by atoms with van der Waals surface area (Å²) >= 11 is 1.33. The van der Waals surface area contributed by atoms with E-state index in [0.717, 1.165) is 13.0 Å². The maximum absolute atomic E-state index is 11.8. The second-order valence-corrected chi connectivity index (χ2v) is 6.69. The van der Waals surface area contributed by atoms with Gasteiger partial charge in [-0.2, -0.15) is 0 Å². The van der Waals surface area contributed by atoms with E-state index in [1.807, 2.05) is 27.8 Å². The van der Waals surface area contributed by atoms with Gasteiger partial charge in [-0.15, -0.1) is 36.2 Å². The Morgan fingerprint density at radius 1 is 1.22 bits per heavy atom. The van der Waals surface area contributed by atoms with Gasteiger partial charge >= 0.3 is 0 Å². The van der Waals surface area contributed by atoms with Crippen LogP contribution in [0.3, 0.4) is 0 Å². The molecule has 0 bridgehead atoms. The van der Waals surface area contributed by atoms with Crippen LogP contribution < -0.4 is 16.0 Å². The molecule has 0 aromatic carbocycles. The third-order valence-electron chi connectivity index (χ3n) is 2.72. The number of halogens is 2. The van der Waals surface area contributed by atoms with Crippen molar-refractivity contribution in [2.45, 2.75) is 33.6 Å². The lowest BCUT2D eigenvalue weighted by molar-refractivity contribution is -0.123. The number of anilines is 1. The van der Waals surface area contributed by atoms with Gasteiger partial charge in [-0.1, -0.05) is 20.8 Å². The first-order chi connectivity index (χ1) is 9.82. The normalized spacial score (nSPS) is 10.3. The number of aromatic nitrogens is 1. The van der Waals surface area contributed by atoms with Crippen LogP contribution in [0.4, 0.5) is 5.13 Å². The van der Waals surface area contributed by atoms with Crippen LogP contribution in [-0.2, 0) is 16.0 Å². The summed E-state index contributed by atoms with van der Waals surface area (Å²) in [5, 5.41) is 11.0. The number of nitrogens with zero attached hydrogens (tertiary/aromatic N) is 1. The Bertz CT molecular complexity index is 489. The number of thiazole rings is 1. The smallest absolute Gasteiger partial charge is 0.231 e. The fourth-order valence-corrected chi connectivity index (χ4v) is 2.16. The lowest BCUT2D eigenvalue weighted by Gasteiger charge is -2.15. The molecule has 1 rings (SSSR count). The number of carbonyl (C=O) groups excluding carboxylic acids is 2. The SMILES string of the molecule is CNCCCNC(=O)Cc1csc(NC(=O)C(C)(C)C)n1.Cl.Cl. The van der Waals surface area contributed by atoms with Crippen molar-refractivity contribution in [1.29, 1.82) is 0 Å². The number of hydrogen-bond acceptors (Lipinski definition) is 5. The molecular weight excluding hydrogens is 359 g/mol. The van der Waals surface area contributed by atoms with Crippen molar-refractivity contribution >= 4 is 53.1 Å². The molecule has 1 heterocycles. The molecule has 9 heteroatoms. The van der Waals surface area contributed by atoms with Crippen LogP contribution >= 0.6 is 36.2 Å². The molecule has 23 heavy (non-hydrogen) atoms. The first kappa shape index (κ1) is 24.4. The second-order valence-electron chi connectivity index (χ2n) is 5.83.